The van der Waals surface area contributed by atoms with Gasteiger partial charge in [0.05, 0.1) is 12.7 Å². The molecule has 0 bridgehead atoms. The van der Waals surface area contributed by atoms with Crippen LogP contribution in [0, 0.1) is 17.8 Å². The number of carbonyl (C=O) groups is 2. The smallest absolute Gasteiger partial charge is 0.337 e. The van der Waals surface area contributed by atoms with Crippen molar-refractivity contribution in [1.82, 2.24) is 0 Å². The zero-order chi connectivity index (χ0) is 19.1. The summed E-state index contributed by atoms with van der Waals surface area (Å²) < 4.78 is 10.0. The van der Waals surface area contributed by atoms with Gasteiger partial charge < -0.3 is 14.8 Å². The highest BCUT2D eigenvalue weighted by Crippen LogP contribution is 2.18. The molecule has 27 heavy (non-hydrogen) atoms. The molecular formula is C22H21NO4. The predicted octanol–water partition coefficient (Wildman–Crippen LogP) is 3.24. The van der Waals surface area contributed by atoms with Gasteiger partial charge >= 0.3 is 5.97 Å². The number of anilines is 1. The van der Waals surface area contributed by atoms with Gasteiger partial charge in [-0.2, -0.15) is 0 Å². The molecule has 1 N–H and O–H groups in total. The van der Waals surface area contributed by atoms with Crippen LogP contribution >= 0.6 is 0 Å². The van der Waals surface area contributed by atoms with Gasteiger partial charge in [-0.05, 0) is 49.2 Å². The Morgan fingerprint density at radius 2 is 1.70 bits per heavy atom. The molecule has 1 amide bonds. The van der Waals surface area contributed by atoms with Crippen LogP contribution in [0.2, 0.25) is 0 Å². The monoisotopic (exact) mass is 363 g/mol. The van der Waals surface area contributed by atoms with Crippen molar-refractivity contribution in [2.24, 2.45) is 5.92 Å². The summed E-state index contributed by atoms with van der Waals surface area (Å²) in [6.45, 7) is 1.27. The highest BCUT2D eigenvalue weighted by Gasteiger charge is 2.21. The van der Waals surface area contributed by atoms with Crippen LogP contribution in [-0.4, -0.2) is 32.2 Å². The van der Waals surface area contributed by atoms with Crippen molar-refractivity contribution < 1.29 is 19.1 Å². The van der Waals surface area contributed by atoms with E-state index in [9.17, 15) is 9.59 Å². The molecule has 138 valence electrons. The van der Waals surface area contributed by atoms with Gasteiger partial charge in [0.25, 0.3) is 0 Å². The maximum absolute atomic E-state index is 12.3. The van der Waals surface area contributed by atoms with Crippen molar-refractivity contribution in [1.29, 1.82) is 0 Å². The average Bonchev–Trinajstić information content (AvgIpc) is 2.73. The lowest BCUT2D eigenvalue weighted by Gasteiger charge is -2.21. The number of methoxy groups -OCH3 is 1. The van der Waals surface area contributed by atoms with Gasteiger partial charge in [0.2, 0.25) is 5.91 Å². The number of amides is 1. The lowest BCUT2D eigenvalue weighted by Crippen LogP contribution is -2.28. The van der Waals surface area contributed by atoms with Crippen molar-refractivity contribution in [3.05, 3.63) is 65.2 Å². The van der Waals surface area contributed by atoms with Crippen LogP contribution in [0.3, 0.4) is 0 Å². The van der Waals surface area contributed by atoms with Crippen LogP contribution in [0.15, 0.2) is 48.5 Å². The fourth-order valence-electron chi connectivity index (χ4n) is 2.86. The van der Waals surface area contributed by atoms with Gasteiger partial charge in [0.15, 0.2) is 0 Å². The topological polar surface area (TPSA) is 64.6 Å². The molecule has 1 heterocycles. The predicted molar refractivity (Wildman–Crippen MR) is 102 cm³/mol. The summed E-state index contributed by atoms with van der Waals surface area (Å²) in [6, 6.07) is 14.4. The first-order valence-electron chi connectivity index (χ1n) is 8.85. The summed E-state index contributed by atoms with van der Waals surface area (Å²) in [5.74, 6) is 5.73. The third-order valence-corrected chi connectivity index (χ3v) is 4.36. The number of ether oxygens (including phenoxy) is 2. The Kier molecular flexibility index (Phi) is 6.24. The molecular weight excluding hydrogens is 342 g/mol. The Balaban J connectivity index is 1.70. The van der Waals surface area contributed by atoms with E-state index in [1.165, 1.54) is 7.11 Å². The molecule has 2 aromatic rings. The van der Waals surface area contributed by atoms with Gasteiger partial charge in [-0.25, -0.2) is 4.79 Å². The van der Waals surface area contributed by atoms with Crippen LogP contribution in [0.4, 0.5) is 5.69 Å². The minimum absolute atomic E-state index is 0.00504. The fourth-order valence-corrected chi connectivity index (χ4v) is 2.86. The second-order valence-electron chi connectivity index (χ2n) is 6.28. The first kappa shape index (κ1) is 18.7. The van der Waals surface area contributed by atoms with E-state index in [0.29, 0.717) is 18.8 Å². The summed E-state index contributed by atoms with van der Waals surface area (Å²) >= 11 is 0. The Morgan fingerprint density at radius 3 is 2.41 bits per heavy atom. The minimum Gasteiger partial charge on any atom is -0.465 e. The van der Waals surface area contributed by atoms with E-state index in [1.807, 2.05) is 30.3 Å². The summed E-state index contributed by atoms with van der Waals surface area (Å²) in [5.41, 5.74) is 2.68. The van der Waals surface area contributed by atoms with Crippen molar-refractivity contribution >= 4 is 17.6 Å². The van der Waals surface area contributed by atoms with E-state index >= 15 is 0 Å². The Hall–Kier alpha value is -3.10. The summed E-state index contributed by atoms with van der Waals surface area (Å²) in [7, 11) is 1.35. The summed E-state index contributed by atoms with van der Waals surface area (Å²) in [4.78, 5) is 23.9. The third kappa shape index (κ3) is 5.19. The quantitative estimate of drug-likeness (QED) is 0.672. The van der Waals surface area contributed by atoms with Gasteiger partial charge in [0.1, 0.15) is 0 Å². The highest BCUT2D eigenvalue weighted by atomic mass is 16.5. The molecule has 3 rings (SSSR count). The van der Waals surface area contributed by atoms with E-state index in [2.05, 4.69) is 17.2 Å². The standard InChI is InChI=1S/C22H21NO4/c1-26-22(25)19-6-2-4-16(14-19)8-9-17-5-3-7-20(15-17)23-21(24)18-10-12-27-13-11-18/h2-7,14-15,18H,10-13H2,1H3,(H,23,24). The molecule has 2 aromatic carbocycles. The largest absolute Gasteiger partial charge is 0.465 e. The molecule has 1 aliphatic heterocycles. The van der Waals surface area contributed by atoms with Gasteiger partial charge in [-0.3, -0.25) is 4.79 Å². The molecule has 0 atom stereocenters. The van der Waals surface area contributed by atoms with Crippen molar-refractivity contribution in [2.75, 3.05) is 25.6 Å². The summed E-state index contributed by atoms with van der Waals surface area (Å²) in [5, 5.41) is 2.96. The number of benzene rings is 2. The number of hydrogen-bond acceptors (Lipinski definition) is 4. The molecule has 0 unspecified atom stereocenters. The SMILES string of the molecule is COC(=O)c1cccc(C#Cc2cccc(NC(=O)C3CCOCC3)c2)c1. The fraction of sp³-hybridized carbons (Fsp3) is 0.273. The van der Waals surface area contributed by atoms with Crippen LogP contribution < -0.4 is 5.32 Å². The van der Waals surface area contributed by atoms with Crippen LogP contribution in [0.5, 0.6) is 0 Å². The molecule has 0 spiro atoms. The van der Waals surface area contributed by atoms with Crippen molar-refractivity contribution in [3.8, 4) is 11.8 Å². The molecule has 5 heteroatoms. The number of nitrogens with one attached hydrogen (secondary N) is 1. The molecule has 1 aliphatic rings. The van der Waals surface area contributed by atoms with Crippen molar-refractivity contribution in [3.63, 3.8) is 0 Å². The minimum atomic E-state index is -0.392. The first-order valence-corrected chi connectivity index (χ1v) is 8.85. The Labute approximate surface area is 158 Å². The van der Waals surface area contributed by atoms with Gasteiger partial charge in [-0.1, -0.05) is 24.0 Å². The number of hydrogen-bond donors (Lipinski definition) is 1. The number of esters is 1. The molecule has 0 aliphatic carbocycles. The Morgan fingerprint density at radius 1 is 1.04 bits per heavy atom. The van der Waals surface area contributed by atoms with Crippen LogP contribution in [-0.2, 0) is 14.3 Å². The molecule has 1 saturated heterocycles. The van der Waals surface area contributed by atoms with Crippen molar-refractivity contribution in [2.45, 2.75) is 12.8 Å². The lowest BCUT2D eigenvalue weighted by molar-refractivity contribution is -0.122. The van der Waals surface area contributed by atoms with E-state index in [-0.39, 0.29) is 11.8 Å². The average molecular weight is 363 g/mol. The van der Waals surface area contributed by atoms with Crippen LogP contribution in [0.1, 0.15) is 34.3 Å². The van der Waals surface area contributed by atoms with E-state index < -0.39 is 5.97 Å². The maximum atomic E-state index is 12.3. The first-order chi connectivity index (χ1) is 13.2. The zero-order valence-electron chi connectivity index (χ0n) is 15.2. The maximum Gasteiger partial charge on any atom is 0.337 e. The van der Waals surface area contributed by atoms with Gasteiger partial charge in [0, 0.05) is 35.9 Å². The summed E-state index contributed by atoms with van der Waals surface area (Å²) in [6.07, 6.45) is 1.50. The Bertz CT molecular complexity index is 888. The normalized spacial score (nSPS) is 14.0. The number of carbonyl (C=O) groups excluding carboxylic acids is 2. The molecule has 0 aromatic heterocycles. The van der Waals surface area contributed by atoms with E-state index in [0.717, 1.165) is 29.7 Å². The molecule has 0 saturated carbocycles. The molecule has 1 fully saturated rings. The number of rotatable bonds is 3. The van der Waals surface area contributed by atoms with E-state index in [1.54, 1.807) is 18.2 Å². The van der Waals surface area contributed by atoms with Crippen LogP contribution in [0.25, 0.3) is 0 Å². The lowest BCUT2D eigenvalue weighted by atomic mass is 9.99. The molecule has 0 radical (unpaired) electrons. The molecule has 5 nitrogen and oxygen atoms in total. The second-order valence-corrected chi connectivity index (χ2v) is 6.28. The van der Waals surface area contributed by atoms with Gasteiger partial charge in [-0.15, -0.1) is 0 Å². The van der Waals surface area contributed by atoms with E-state index in [4.69, 9.17) is 9.47 Å². The zero-order valence-corrected chi connectivity index (χ0v) is 15.2. The highest BCUT2D eigenvalue weighted by molar-refractivity contribution is 5.92. The second kappa shape index (κ2) is 9.02. The third-order valence-electron chi connectivity index (χ3n) is 4.36.